The van der Waals surface area contributed by atoms with E-state index in [4.69, 9.17) is 0 Å². The second-order valence-electron chi connectivity index (χ2n) is 5.76. The SMILES string of the molecule is CSC(Nc1ccccc1)SCc1c(C)cccc1-n1nnn(C)c1=O. The fourth-order valence-electron chi connectivity index (χ4n) is 2.54. The third-order valence-corrected chi connectivity index (χ3v) is 6.39. The van der Waals surface area contributed by atoms with Gasteiger partial charge in [-0.3, -0.25) is 0 Å². The van der Waals surface area contributed by atoms with Gasteiger partial charge in [0.15, 0.2) is 0 Å². The molecule has 0 aliphatic carbocycles. The van der Waals surface area contributed by atoms with Gasteiger partial charge in [0.2, 0.25) is 0 Å². The molecule has 8 heteroatoms. The Bertz CT molecular complexity index is 923. The molecule has 1 aromatic heterocycles. The van der Waals surface area contributed by atoms with Crippen molar-refractivity contribution < 1.29 is 0 Å². The van der Waals surface area contributed by atoms with Gasteiger partial charge in [-0.15, -0.1) is 23.5 Å². The van der Waals surface area contributed by atoms with Gasteiger partial charge in [0, 0.05) is 18.5 Å². The van der Waals surface area contributed by atoms with Gasteiger partial charge >= 0.3 is 5.69 Å². The molecule has 0 fully saturated rings. The standard InChI is InChI=1S/C18H21N5OS2/c1-13-8-7-11-16(23-18(24)22(2)20-21-23)15(13)12-26-17(25-3)19-14-9-5-4-6-10-14/h4-11,17,19H,12H2,1-3H3. The lowest BCUT2D eigenvalue weighted by atomic mass is 10.1. The number of nitrogens with zero attached hydrogens (tertiary/aromatic N) is 4. The van der Waals surface area contributed by atoms with Crippen LogP contribution in [0, 0.1) is 6.92 Å². The van der Waals surface area contributed by atoms with Crippen LogP contribution in [0.4, 0.5) is 5.69 Å². The lowest BCUT2D eigenvalue weighted by Crippen LogP contribution is -2.23. The number of thioether (sulfide) groups is 2. The summed E-state index contributed by atoms with van der Waals surface area (Å²) < 4.78 is 2.80. The van der Waals surface area contributed by atoms with E-state index in [2.05, 4.69) is 47.1 Å². The molecule has 1 atom stereocenters. The summed E-state index contributed by atoms with van der Waals surface area (Å²) in [5, 5.41) is 11.3. The van der Waals surface area contributed by atoms with E-state index in [-0.39, 0.29) is 10.4 Å². The van der Waals surface area contributed by atoms with Crippen LogP contribution in [0.15, 0.2) is 53.3 Å². The monoisotopic (exact) mass is 387 g/mol. The van der Waals surface area contributed by atoms with Gasteiger partial charge in [-0.2, -0.15) is 9.36 Å². The number of rotatable bonds is 7. The van der Waals surface area contributed by atoms with Gasteiger partial charge in [-0.25, -0.2) is 4.79 Å². The molecule has 0 spiro atoms. The summed E-state index contributed by atoms with van der Waals surface area (Å²) >= 11 is 3.54. The first-order chi connectivity index (χ1) is 12.6. The maximum absolute atomic E-state index is 12.2. The van der Waals surface area contributed by atoms with E-state index in [1.807, 2.05) is 30.3 Å². The molecule has 0 saturated carbocycles. The number of hydrogen-bond donors (Lipinski definition) is 1. The molecular formula is C18H21N5OS2. The van der Waals surface area contributed by atoms with Crippen LogP contribution < -0.4 is 11.0 Å². The number of tetrazole rings is 1. The van der Waals surface area contributed by atoms with E-state index in [1.165, 1.54) is 9.36 Å². The number of nitrogens with one attached hydrogen (secondary N) is 1. The van der Waals surface area contributed by atoms with Gasteiger partial charge in [-0.05, 0) is 52.9 Å². The first-order valence-electron chi connectivity index (χ1n) is 8.14. The van der Waals surface area contributed by atoms with Crippen molar-refractivity contribution in [2.24, 2.45) is 7.05 Å². The van der Waals surface area contributed by atoms with E-state index in [0.29, 0.717) is 0 Å². The Morgan fingerprint density at radius 1 is 1.12 bits per heavy atom. The number of aromatic nitrogens is 4. The molecule has 1 heterocycles. The van der Waals surface area contributed by atoms with E-state index >= 15 is 0 Å². The van der Waals surface area contributed by atoms with E-state index in [9.17, 15) is 4.79 Å². The Morgan fingerprint density at radius 2 is 1.88 bits per heavy atom. The van der Waals surface area contributed by atoms with Gasteiger partial charge < -0.3 is 5.32 Å². The minimum atomic E-state index is -0.245. The Hall–Kier alpha value is -2.19. The van der Waals surface area contributed by atoms with E-state index in [1.54, 1.807) is 30.6 Å². The fraction of sp³-hybridized carbons (Fsp3) is 0.278. The molecule has 3 rings (SSSR count). The largest absolute Gasteiger partial charge is 0.368 e. The minimum absolute atomic E-state index is 0.198. The number of anilines is 1. The van der Waals surface area contributed by atoms with E-state index < -0.39 is 0 Å². The smallest absolute Gasteiger partial charge is 0.365 e. The van der Waals surface area contributed by atoms with Crippen molar-refractivity contribution in [3.63, 3.8) is 0 Å². The second kappa shape index (κ2) is 8.46. The highest BCUT2D eigenvalue weighted by Gasteiger charge is 2.15. The molecule has 136 valence electrons. The van der Waals surface area contributed by atoms with E-state index in [0.717, 1.165) is 28.3 Å². The van der Waals surface area contributed by atoms with Crippen LogP contribution in [-0.4, -0.2) is 30.8 Å². The molecular weight excluding hydrogens is 366 g/mol. The summed E-state index contributed by atoms with van der Waals surface area (Å²) in [7, 11) is 1.60. The molecule has 0 radical (unpaired) electrons. The number of aryl methyl sites for hydroxylation is 2. The maximum atomic E-state index is 12.2. The predicted molar refractivity (Wildman–Crippen MR) is 110 cm³/mol. The number of para-hydroxylation sites is 1. The van der Waals surface area contributed by atoms with Crippen molar-refractivity contribution in [2.75, 3.05) is 11.6 Å². The van der Waals surface area contributed by atoms with Gasteiger partial charge in [0.25, 0.3) is 0 Å². The highest BCUT2D eigenvalue weighted by Crippen LogP contribution is 2.30. The molecule has 26 heavy (non-hydrogen) atoms. The summed E-state index contributed by atoms with van der Waals surface area (Å²) in [6.07, 6.45) is 2.08. The minimum Gasteiger partial charge on any atom is -0.365 e. The maximum Gasteiger partial charge on any atom is 0.368 e. The Morgan fingerprint density at radius 3 is 2.54 bits per heavy atom. The Labute approximate surface area is 161 Å². The van der Waals surface area contributed by atoms with Gasteiger partial charge in [0.1, 0.15) is 4.71 Å². The molecule has 2 aromatic carbocycles. The van der Waals surface area contributed by atoms with Crippen LogP contribution in [0.5, 0.6) is 0 Å². The number of hydrogen-bond acceptors (Lipinski definition) is 6. The van der Waals surface area contributed by atoms with Crippen molar-refractivity contribution in [3.05, 3.63) is 70.1 Å². The summed E-state index contributed by atoms with van der Waals surface area (Å²) in [5.41, 5.74) is 3.86. The fourth-order valence-corrected chi connectivity index (χ4v) is 4.45. The number of benzene rings is 2. The average Bonchev–Trinajstić information content (AvgIpc) is 2.99. The van der Waals surface area contributed by atoms with Crippen molar-refractivity contribution in [1.29, 1.82) is 0 Å². The molecule has 1 unspecified atom stereocenters. The zero-order chi connectivity index (χ0) is 18.5. The first kappa shape index (κ1) is 18.6. The van der Waals surface area contributed by atoms with Crippen molar-refractivity contribution in [3.8, 4) is 5.69 Å². The summed E-state index contributed by atoms with van der Waals surface area (Å²) in [4.78, 5) is 12.2. The van der Waals surface area contributed by atoms with Crippen LogP contribution >= 0.6 is 23.5 Å². The Kier molecular flexibility index (Phi) is 6.05. The molecule has 6 nitrogen and oxygen atoms in total. The molecule has 0 aliphatic heterocycles. The van der Waals surface area contributed by atoms with Gasteiger partial charge in [0.05, 0.1) is 5.69 Å². The average molecular weight is 388 g/mol. The van der Waals surface area contributed by atoms with Gasteiger partial charge in [-0.1, -0.05) is 30.3 Å². The lowest BCUT2D eigenvalue weighted by molar-refractivity contribution is 0.692. The zero-order valence-corrected chi connectivity index (χ0v) is 16.5. The molecule has 1 N–H and O–H groups in total. The predicted octanol–water partition coefficient (Wildman–Crippen LogP) is 3.27. The highest BCUT2D eigenvalue weighted by molar-refractivity contribution is 8.16. The summed E-state index contributed by atoms with van der Waals surface area (Å²) in [6.45, 7) is 2.06. The third-order valence-electron chi connectivity index (χ3n) is 3.99. The topological polar surface area (TPSA) is 64.7 Å². The van der Waals surface area contributed by atoms with Crippen molar-refractivity contribution >= 4 is 29.2 Å². The summed E-state index contributed by atoms with van der Waals surface area (Å²) in [5.74, 6) is 0.760. The zero-order valence-electron chi connectivity index (χ0n) is 14.9. The quantitative estimate of drug-likeness (QED) is 0.628. The molecule has 3 aromatic rings. The Balaban J connectivity index is 1.81. The molecule has 0 saturated heterocycles. The van der Waals surface area contributed by atoms with Crippen LogP contribution in [0.3, 0.4) is 0 Å². The molecule has 0 aliphatic rings. The molecule has 0 bridgehead atoms. The van der Waals surface area contributed by atoms with Crippen molar-refractivity contribution in [2.45, 2.75) is 17.4 Å². The van der Waals surface area contributed by atoms with Crippen LogP contribution in [-0.2, 0) is 12.8 Å². The first-order valence-corrected chi connectivity index (χ1v) is 10.5. The van der Waals surface area contributed by atoms with Crippen LogP contribution in [0.2, 0.25) is 0 Å². The second-order valence-corrected chi connectivity index (χ2v) is 8.09. The van der Waals surface area contributed by atoms with Crippen molar-refractivity contribution in [1.82, 2.24) is 19.8 Å². The van der Waals surface area contributed by atoms with Crippen LogP contribution in [0.25, 0.3) is 5.69 Å². The van der Waals surface area contributed by atoms with Crippen LogP contribution in [0.1, 0.15) is 11.1 Å². The lowest BCUT2D eigenvalue weighted by Gasteiger charge is -2.19. The molecule has 0 amide bonds. The summed E-state index contributed by atoms with van der Waals surface area (Å²) in [6, 6.07) is 16.1. The normalized spacial score (nSPS) is 12.1. The highest BCUT2D eigenvalue weighted by atomic mass is 32.2. The third kappa shape index (κ3) is 4.13.